The number of amides is 1. The number of nitrogens with zero attached hydrogens (tertiary/aromatic N) is 4. The van der Waals surface area contributed by atoms with Gasteiger partial charge in [-0.05, 0) is 49.6 Å². The van der Waals surface area contributed by atoms with Gasteiger partial charge in [-0.2, -0.15) is 0 Å². The Hall–Kier alpha value is -3.39. The normalized spacial score (nSPS) is 17.6. The molecule has 1 aromatic carbocycles. The van der Waals surface area contributed by atoms with Crippen LogP contribution in [0.4, 0.5) is 15.9 Å². The maximum atomic E-state index is 13.8. The van der Waals surface area contributed by atoms with Crippen LogP contribution in [0, 0.1) is 5.82 Å². The maximum Gasteiger partial charge on any atom is 0.222 e. The number of pyridine rings is 1. The zero-order chi connectivity index (χ0) is 22.6. The number of rotatable bonds is 6. The highest BCUT2D eigenvalue weighted by atomic mass is 19.1. The van der Waals surface area contributed by atoms with E-state index in [0.29, 0.717) is 43.3 Å². The van der Waals surface area contributed by atoms with Crippen LogP contribution in [-0.4, -0.2) is 45.0 Å². The van der Waals surface area contributed by atoms with Crippen molar-refractivity contribution < 1.29 is 13.9 Å². The fraction of sp³-hybridized carbons (Fsp3) is 0.360. The first kappa shape index (κ1) is 21.5. The van der Waals surface area contributed by atoms with Crippen LogP contribution in [0.15, 0.2) is 48.8 Å². The Morgan fingerprint density at radius 2 is 2.18 bits per heavy atom. The predicted octanol–water partition coefficient (Wildman–Crippen LogP) is 4.27. The molecule has 0 bridgehead atoms. The number of fused-ring (bicyclic) bond motifs is 1. The van der Waals surface area contributed by atoms with Gasteiger partial charge in [-0.15, -0.1) is 0 Å². The van der Waals surface area contributed by atoms with Crippen LogP contribution in [0.3, 0.4) is 0 Å². The van der Waals surface area contributed by atoms with Gasteiger partial charge in [0.1, 0.15) is 11.6 Å². The molecule has 3 aromatic rings. The zero-order valence-electron chi connectivity index (χ0n) is 18.3. The third kappa shape index (κ3) is 5.01. The van der Waals surface area contributed by atoms with Crippen LogP contribution in [0.1, 0.15) is 36.9 Å². The summed E-state index contributed by atoms with van der Waals surface area (Å²) in [5, 5.41) is 3.25. The summed E-state index contributed by atoms with van der Waals surface area (Å²) in [6, 6.07) is 10.0. The van der Waals surface area contributed by atoms with Crippen LogP contribution in [0.5, 0.6) is 0 Å². The van der Waals surface area contributed by atoms with E-state index in [1.807, 2.05) is 17.0 Å². The number of carbonyl (C=O) groups excluding carboxylic acids is 1. The summed E-state index contributed by atoms with van der Waals surface area (Å²) in [6.07, 6.45) is 7.58. The first-order chi connectivity index (χ1) is 16.2. The van der Waals surface area contributed by atoms with Crippen LogP contribution >= 0.6 is 0 Å². The summed E-state index contributed by atoms with van der Waals surface area (Å²) in [4.78, 5) is 28.5. The Bertz CT molecular complexity index is 1130. The van der Waals surface area contributed by atoms with Crippen molar-refractivity contribution in [3.8, 4) is 11.4 Å². The van der Waals surface area contributed by atoms with Gasteiger partial charge in [0.2, 0.25) is 5.91 Å². The molecule has 8 heteroatoms. The highest BCUT2D eigenvalue weighted by Crippen LogP contribution is 2.30. The van der Waals surface area contributed by atoms with Crippen LogP contribution in [0.2, 0.25) is 0 Å². The summed E-state index contributed by atoms with van der Waals surface area (Å²) in [5.74, 6) is 0.922. The summed E-state index contributed by atoms with van der Waals surface area (Å²) >= 11 is 0. The van der Waals surface area contributed by atoms with E-state index < -0.39 is 0 Å². The van der Waals surface area contributed by atoms with Crippen molar-refractivity contribution >= 4 is 17.4 Å². The Morgan fingerprint density at radius 1 is 1.24 bits per heavy atom. The van der Waals surface area contributed by atoms with Crippen molar-refractivity contribution in [2.45, 2.75) is 44.8 Å². The molecule has 0 spiro atoms. The van der Waals surface area contributed by atoms with E-state index in [4.69, 9.17) is 14.7 Å². The van der Waals surface area contributed by atoms with E-state index in [9.17, 15) is 9.18 Å². The average Bonchev–Trinajstić information content (AvgIpc) is 3.36. The van der Waals surface area contributed by atoms with E-state index in [0.717, 1.165) is 42.7 Å². The fourth-order valence-electron chi connectivity index (χ4n) is 4.37. The molecular formula is C25H26FN5O2. The van der Waals surface area contributed by atoms with Gasteiger partial charge in [0.05, 0.1) is 18.3 Å². The van der Waals surface area contributed by atoms with Crippen molar-refractivity contribution in [1.82, 2.24) is 19.9 Å². The molecule has 4 heterocycles. The molecule has 0 saturated carbocycles. The Kier molecular flexibility index (Phi) is 6.26. The lowest BCUT2D eigenvalue weighted by Gasteiger charge is -2.30. The van der Waals surface area contributed by atoms with Crippen LogP contribution in [0.25, 0.3) is 11.4 Å². The van der Waals surface area contributed by atoms with Gasteiger partial charge in [-0.25, -0.2) is 14.4 Å². The molecule has 2 aromatic heterocycles. The highest BCUT2D eigenvalue weighted by molar-refractivity contribution is 5.77. The molecule has 1 fully saturated rings. The molecule has 5 rings (SSSR count). The van der Waals surface area contributed by atoms with Gasteiger partial charge < -0.3 is 15.0 Å². The number of aromatic nitrogens is 3. The van der Waals surface area contributed by atoms with Crippen molar-refractivity contribution in [3.05, 3.63) is 65.9 Å². The minimum absolute atomic E-state index is 0.115. The Balaban J connectivity index is 1.42. The molecule has 170 valence electrons. The third-order valence-electron chi connectivity index (χ3n) is 6.12. The molecule has 1 atom stereocenters. The molecule has 1 saturated heterocycles. The SMILES string of the molecule is O=C(CC[C@@H]1CCCO1)N1CCc2nc(-c3cccnc3)nc(Nc3cccc(F)c3)c2C1. The molecule has 0 radical (unpaired) electrons. The smallest absolute Gasteiger partial charge is 0.222 e. The van der Waals surface area contributed by atoms with Gasteiger partial charge in [-0.3, -0.25) is 9.78 Å². The lowest BCUT2D eigenvalue weighted by Crippen LogP contribution is -2.37. The number of benzene rings is 1. The molecule has 33 heavy (non-hydrogen) atoms. The molecule has 1 N–H and O–H groups in total. The number of anilines is 2. The van der Waals surface area contributed by atoms with E-state index in [1.54, 1.807) is 24.5 Å². The molecule has 0 aliphatic carbocycles. The molecule has 1 amide bonds. The molecule has 2 aliphatic rings. The second-order valence-electron chi connectivity index (χ2n) is 8.44. The third-order valence-corrected chi connectivity index (χ3v) is 6.12. The average molecular weight is 448 g/mol. The zero-order valence-corrected chi connectivity index (χ0v) is 18.3. The summed E-state index contributed by atoms with van der Waals surface area (Å²) in [5.41, 5.74) is 3.15. The lowest BCUT2D eigenvalue weighted by atomic mass is 10.0. The summed E-state index contributed by atoms with van der Waals surface area (Å²) in [6.45, 7) is 1.83. The Morgan fingerprint density at radius 3 is 2.97 bits per heavy atom. The van der Waals surface area contributed by atoms with Gasteiger partial charge in [-0.1, -0.05) is 6.07 Å². The molecule has 0 unspecified atom stereocenters. The number of ether oxygens (including phenoxy) is 1. The topological polar surface area (TPSA) is 80.2 Å². The summed E-state index contributed by atoms with van der Waals surface area (Å²) < 4.78 is 19.5. The van der Waals surface area contributed by atoms with Gasteiger partial charge in [0, 0.05) is 55.2 Å². The van der Waals surface area contributed by atoms with Crippen LogP contribution in [-0.2, 0) is 22.5 Å². The molecular weight excluding hydrogens is 421 g/mol. The van der Waals surface area contributed by atoms with Gasteiger partial charge in [0.15, 0.2) is 5.82 Å². The minimum atomic E-state index is -0.332. The second kappa shape index (κ2) is 9.62. The first-order valence-corrected chi connectivity index (χ1v) is 11.4. The summed E-state index contributed by atoms with van der Waals surface area (Å²) in [7, 11) is 0. The number of halogens is 1. The monoisotopic (exact) mass is 447 g/mol. The number of carbonyl (C=O) groups is 1. The van der Waals surface area contributed by atoms with E-state index in [2.05, 4.69) is 10.3 Å². The minimum Gasteiger partial charge on any atom is -0.378 e. The predicted molar refractivity (Wildman–Crippen MR) is 122 cm³/mol. The van der Waals surface area contributed by atoms with E-state index >= 15 is 0 Å². The van der Waals surface area contributed by atoms with Crippen molar-refractivity contribution in [1.29, 1.82) is 0 Å². The maximum absolute atomic E-state index is 13.8. The first-order valence-electron chi connectivity index (χ1n) is 11.4. The number of hydrogen-bond donors (Lipinski definition) is 1. The van der Waals surface area contributed by atoms with Crippen molar-refractivity contribution in [2.24, 2.45) is 0 Å². The standard InChI is InChI=1S/C25H26FN5O2/c26-18-5-1-6-19(14-18)28-25-21-16-31(23(32)9-8-20-7-3-13-33-20)12-10-22(21)29-24(30-25)17-4-2-11-27-15-17/h1-2,4-6,11,14-15,20H,3,7-10,12-13,16H2,(H,28,29,30)/t20-/m0/s1. The largest absolute Gasteiger partial charge is 0.378 e. The lowest BCUT2D eigenvalue weighted by molar-refractivity contribution is -0.132. The van der Waals surface area contributed by atoms with E-state index in [-0.39, 0.29) is 17.8 Å². The van der Waals surface area contributed by atoms with Crippen molar-refractivity contribution in [2.75, 3.05) is 18.5 Å². The van der Waals surface area contributed by atoms with Crippen molar-refractivity contribution in [3.63, 3.8) is 0 Å². The molecule has 2 aliphatic heterocycles. The van der Waals surface area contributed by atoms with Gasteiger partial charge >= 0.3 is 0 Å². The fourth-order valence-corrected chi connectivity index (χ4v) is 4.37. The molecule has 7 nitrogen and oxygen atoms in total. The highest BCUT2D eigenvalue weighted by Gasteiger charge is 2.27. The number of nitrogens with one attached hydrogen (secondary N) is 1. The second-order valence-corrected chi connectivity index (χ2v) is 8.44. The number of hydrogen-bond acceptors (Lipinski definition) is 6. The van der Waals surface area contributed by atoms with E-state index in [1.165, 1.54) is 12.1 Å². The quantitative estimate of drug-likeness (QED) is 0.608. The Labute approximate surface area is 192 Å². The van der Waals surface area contributed by atoms with Crippen LogP contribution < -0.4 is 5.32 Å². The van der Waals surface area contributed by atoms with Gasteiger partial charge in [0.25, 0.3) is 0 Å².